The van der Waals surface area contributed by atoms with Crippen LogP contribution in [0, 0.1) is 5.21 Å². The highest BCUT2D eigenvalue weighted by molar-refractivity contribution is 5.52. The Hall–Kier alpha value is -2.51. The normalized spacial score (nSPS) is 11.0. The fourth-order valence-electron chi connectivity index (χ4n) is 1.96. The van der Waals surface area contributed by atoms with Crippen molar-refractivity contribution in [2.75, 3.05) is 31.2 Å². The van der Waals surface area contributed by atoms with Crippen molar-refractivity contribution < 1.29 is 14.9 Å². The van der Waals surface area contributed by atoms with Crippen LogP contribution < -0.4 is 9.63 Å². The van der Waals surface area contributed by atoms with Gasteiger partial charge in [0.05, 0.1) is 18.9 Å². The molecule has 0 atom stereocenters. The lowest BCUT2D eigenvalue weighted by atomic mass is 10.2. The van der Waals surface area contributed by atoms with Crippen LogP contribution in [0.4, 0.5) is 17.1 Å². The predicted octanol–water partition coefficient (Wildman–Crippen LogP) is 1.53. The molecule has 0 aliphatic rings. The number of benzene rings is 1. The average molecular weight is 302 g/mol. The summed E-state index contributed by atoms with van der Waals surface area (Å²) in [6, 6.07) is 10.6. The SMILES string of the molecule is [O-][n+]1cccc(N=Nc2ccc(N(CCO)CCO)cc2)c1. The average Bonchev–Trinajstić information content (AvgIpc) is 2.53. The van der Waals surface area contributed by atoms with Gasteiger partial charge in [0.1, 0.15) is 0 Å². The number of aromatic nitrogens is 1. The minimum absolute atomic E-state index is 0.0185. The number of azo groups is 1. The van der Waals surface area contributed by atoms with Crippen molar-refractivity contribution in [2.45, 2.75) is 0 Å². The largest absolute Gasteiger partial charge is 0.619 e. The molecule has 0 spiro atoms. The third kappa shape index (κ3) is 4.51. The number of aliphatic hydroxyl groups is 2. The van der Waals surface area contributed by atoms with Crippen LogP contribution in [-0.2, 0) is 0 Å². The van der Waals surface area contributed by atoms with E-state index >= 15 is 0 Å². The highest BCUT2D eigenvalue weighted by Crippen LogP contribution is 2.21. The smallest absolute Gasteiger partial charge is 0.207 e. The van der Waals surface area contributed by atoms with Gasteiger partial charge in [0, 0.05) is 24.8 Å². The van der Waals surface area contributed by atoms with Crippen LogP contribution in [0.1, 0.15) is 0 Å². The molecule has 22 heavy (non-hydrogen) atoms. The van der Waals surface area contributed by atoms with Crippen molar-refractivity contribution >= 4 is 17.1 Å². The summed E-state index contributed by atoms with van der Waals surface area (Å²) in [5, 5.41) is 37.2. The van der Waals surface area contributed by atoms with E-state index in [9.17, 15) is 5.21 Å². The standard InChI is InChI=1S/C15H18N4O3/c20-10-8-18(9-11-21)15-5-3-13(4-6-15)16-17-14-2-1-7-19(22)12-14/h1-7,12,20-21H,8-11H2. The van der Waals surface area contributed by atoms with Gasteiger partial charge in [-0.05, 0) is 30.3 Å². The van der Waals surface area contributed by atoms with E-state index in [1.54, 1.807) is 24.3 Å². The molecular weight excluding hydrogens is 284 g/mol. The van der Waals surface area contributed by atoms with Crippen LogP contribution in [0.2, 0.25) is 0 Å². The van der Waals surface area contributed by atoms with Gasteiger partial charge in [-0.3, -0.25) is 0 Å². The Labute approximate surface area is 128 Å². The lowest BCUT2D eigenvalue weighted by molar-refractivity contribution is -0.604. The number of hydrogen-bond donors (Lipinski definition) is 2. The molecule has 0 saturated carbocycles. The number of anilines is 1. The molecule has 2 aromatic rings. The van der Waals surface area contributed by atoms with Gasteiger partial charge in [-0.1, -0.05) is 0 Å². The third-order valence-electron chi connectivity index (χ3n) is 3.00. The van der Waals surface area contributed by atoms with Gasteiger partial charge in [0.2, 0.25) is 6.20 Å². The van der Waals surface area contributed by atoms with Crippen LogP contribution in [0.25, 0.3) is 0 Å². The molecule has 7 heteroatoms. The first-order valence-electron chi connectivity index (χ1n) is 6.90. The Morgan fingerprint density at radius 1 is 0.955 bits per heavy atom. The molecule has 0 fully saturated rings. The summed E-state index contributed by atoms with van der Waals surface area (Å²) >= 11 is 0. The van der Waals surface area contributed by atoms with Crippen LogP contribution in [-0.4, -0.2) is 36.5 Å². The van der Waals surface area contributed by atoms with Crippen LogP contribution >= 0.6 is 0 Å². The summed E-state index contributed by atoms with van der Waals surface area (Å²) in [6.07, 6.45) is 2.72. The number of pyridine rings is 1. The maximum absolute atomic E-state index is 11.1. The molecule has 0 aliphatic carbocycles. The fraction of sp³-hybridized carbons (Fsp3) is 0.267. The van der Waals surface area contributed by atoms with E-state index in [4.69, 9.17) is 10.2 Å². The van der Waals surface area contributed by atoms with Crippen LogP contribution in [0.3, 0.4) is 0 Å². The van der Waals surface area contributed by atoms with Gasteiger partial charge in [0.25, 0.3) is 0 Å². The Balaban J connectivity index is 2.08. The Morgan fingerprint density at radius 2 is 1.59 bits per heavy atom. The highest BCUT2D eigenvalue weighted by atomic mass is 16.5. The maximum Gasteiger partial charge on any atom is 0.207 e. The quantitative estimate of drug-likeness (QED) is 0.460. The number of nitrogens with zero attached hydrogens (tertiary/aromatic N) is 4. The molecule has 1 heterocycles. The fourth-order valence-corrected chi connectivity index (χ4v) is 1.96. The second kappa shape index (κ2) is 8.06. The first kappa shape index (κ1) is 15.9. The lowest BCUT2D eigenvalue weighted by Gasteiger charge is -2.22. The summed E-state index contributed by atoms with van der Waals surface area (Å²) < 4.78 is 0.666. The third-order valence-corrected chi connectivity index (χ3v) is 3.00. The van der Waals surface area contributed by atoms with Crippen molar-refractivity contribution in [2.24, 2.45) is 10.2 Å². The minimum atomic E-state index is 0.0185. The van der Waals surface area contributed by atoms with E-state index in [0.29, 0.717) is 29.2 Å². The molecule has 1 aromatic carbocycles. The Bertz CT molecular complexity index is 610. The number of rotatable bonds is 7. The molecule has 0 amide bonds. The van der Waals surface area contributed by atoms with Crippen LogP contribution in [0.15, 0.2) is 59.0 Å². The summed E-state index contributed by atoms with van der Waals surface area (Å²) in [5.41, 5.74) is 2.01. The molecule has 0 saturated heterocycles. The number of aliphatic hydroxyl groups excluding tert-OH is 2. The summed E-state index contributed by atoms with van der Waals surface area (Å²) in [4.78, 5) is 1.87. The van der Waals surface area contributed by atoms with Gasteiger partial charge in [-0.25, -0.2) is 0 Å². The van der Waals surface area contributed by atoms with Gasteiger partial charge < -0.3 is 20.3 Å². The zero-order valence-corrected chi connectivity index (χ0v) is 12.0. The first-order valence-corrected chi connectivity index (χ1v) is 6.90. The lowest BCUT2D eigenvalue weighted by Crippen LogP contribution is -2.29. The van der Waals surface area contributed by atoms with Crippen molar-refractivity contribution in [3.05, 3.63) is 54.0 Å². The number of hydrogen-bond acceptors (Lipinski definition) is 6. The van der Waals surface area contributed by atoms with Gasteiger partial charge in [0.15, 0.2) is 11.9 Å². The first-order chi connectivity index (χ1) is 10.7. The van der Waals surface area contributed by atoms with E-state index in [0.717, 1.165) is 5.69 Å². The van der Waals surface area contributed by atoms with Crippen molar-refractivity contribution in [1.29, 1.82) is 0 Å². The molecule has 116 valence electrons. The van der Waals surface area contributed by atoms with Crippen molar-refractivity contribution in [1.82, 2.24) is 0 Å². The van der Waals surface area contributed by atoms with Crippen molar-refractivity contribution in [3.8, 4) is 0 Å². The molecule has 1 aromatic heterocycles. The van der Waals surface area contributed by atoms with Gasteiger partial charge in [-0.15, -0.1) is 5.11 Å². The Kier molecular flexibility index (Phi) is 5.81. The molecule has 7 nitrogen and oxygen atoms in total. The highest BCUT2D eigenvalue weighted by Gasteiger charge is 2.05. The van der Waals surface area contributed by atoms with E-state index in [1.165, 1.54) is 12.4 Å². The minimum Gasteiger partial charge on any atom is -0.619 e. The zero-order valence-electron chi connectivity index (χ0n) is 12.0. The van der Waals surface area contributed by atoms with E-state index < -0.39 is 0 Å². The molecule has 2 N–H and O–H groups in total. The second-order valence-corrected chi connectivity index (χ2v) is 4.57. The summed E-state index contributed by atoms with van der Waals surface area (Å²) in [6.45, 7) is 0.944. The van der Waals surface area contributed by atoms with Gasteiger partial charge >= 0.3 is 0 Å². The molecular formula is C15H18N4O3. The molecule has 2 rings (SSSR count). The monoisotopic (exact) mass is 302 g/mol. The van der Waals surface area contributed by atoms with Crippen LogP contribution in [0.5, 0.6) is 0 Å². The topological polar surface area (TPSA) is 95.4 Å². The Morgan fingerprint density at radius 3 is 2.18 bits per heavy atom. The van der Waals surface area contributed by atoms with Gasteiger partial charge in [-0.2, -0.15) is 9.84 Å². The molecule has 0 unspecified atom stereocenters. The summed E-state index contributed by atoms with van der Waals surface area (Å²) in [5.74, 6) is 0. The molecule has 0 aliphatic heterocycles. The predicted molar refractivity (Wildman–Crippen MR) is 82.4 cm³/mol. The van der Waals surface area contributed by atoms with Crippen molar-refractivity contribution in [3.63, 3.8) is 0 Å². The summed E-state index contributed by atoms with van der Waals surface area (Å²) in [7, 11) is 0. The molecule has 0 bridgehead atoms. The van der Waals surface area contributed by atoms with E-state index in [1.807, 2.05) is 17.0 Å². The zero-order chi connectivity index (χ0) is 15.8. The second-order valence-electron chi connectivity index (χ2n) is 4.57. The molecule has 0 radical (unpaired) electrons. The van der Waals surface area contributed by atoms with E-state index in [-0.39, 0.29) is 13.2 Å². The van der Waals surface area contributed by atoms with E-state index in [2.05, 4.69) is 10.2 Å². The maximum atomic E-state index is 11.1.